The molecule has 3 aromatic carbocycles. The van der Waals surface area contributed by atoms with Crippen molar-refractivity contribution >= 4 is 17.6 Å². The van der Waals surface area contributed by atoms with Crippen LogP contribution in [0.4, 0.5) is 10.1 Å². The highest BCUT2D eigenvalue weighted by Gasteiger charge is 2.43. The van der Waals surface area contributed by atoms with E-state index in [1.54, 1.807) is 25.3 Å². The highest BCUT2D eigenvalue weighted by molar-refractivity contribution is 6.06. The van der Waals surface area contributed by atoms with Gasteiger partial charge in [-0.25, -0.2) is 9.18 Å². The van der Waals surface area contributed by atoms with Crippen LogP contribution >= 0.6 is 0 Å². The molecule has 6 nitrogen and oxygen atoms in total. The Labute approximate surface area is 202 Å². The number of nitrogens with zero attached hydrogens (tertiary/aromatic N) is 1. The molecule has 7 heteroatoms. The van der Waals surface area contributed by atoms with Crippen LogP contribution in [-0.2, 0) is 20.9 Å². The SMILES string of the molecule is COc1cc(C2CC(=O)N(c3cccc(F)c3)C3=C2C(=O)OC3)ccc1OCc1cccc(C)c1. The maximum Gasteiger partial charge on any atom is 0.336 e. The molecule has 0 aliphatic carbocycles. The number of methoxy groups -OCH3 is 1. The highest BCUT2D eigenvalue weighted by atomic mass is 19.1. The summed E-state index contributed by atoms with van der Waals surface area (Å²) in [6.45, 7) is 2.36. The van der Waals surface area contributed by atoms with E-state index in [2.05, 4.69) is 6.07 Å². The molecule has 0 radical (unpaired) electrons. The summed E-state index contributed by atoms with van der Waals surface area (Å²) in [5.41, 5.74) is 4.15. The van der Waals surface area contributed by atoms with Crippen LogP contribution in [0.25, 0.3) is 0 Å². The first-order valence-electron chi connectivity index (χ1n) is 11.3. The van der Waals surface area contributed by atoms with Crippen molar-refractivity contribution in [3.8, 4) is 11.5 Å². The number of halogens is 1. The van der Waals surface area contributed by atoms with Gasteiger partial charge in [-0.1, -0.05) is 42.0 Å². The molecule has 0 aromatic heterocycles. The molecule has 2 aliphatic rings. The van der Waals surface area contributed by atoms with Crippen molar-refractivity contribution in [1.29, 1.82) is 0 Å². The molecule has 5 rings (SSSR count). The minimum Gasteiger partial charge on any atom is -0.493 e. The van der Waals surface area contributed by atoms with Crippen LogP contribution in [-0.4, -0.2) is 25.6 Å². The van der Waals surface area contributed by atoms with Gasteiger partial charge >= 0.3 is 5.97 Å². The first kappa shape index (κ1) is 22.7. The molecule has 0 saturated carbocycles. The standard InChI is InChI=1S/C28H24FNO5/c1-17-5-3-6-18(11-17)15-34-24-10-9-19(12-25(24)33-2)22-14-26(31)30(21-8-4-7-20(29)13-21)23-16-35-28(32)27(22)23/h3-13,22H,14-16H2,1-2H3. The Balaban J connectivity index is 1.46. The third-order valence-electron chi connectivity index (χ3n) is 6.25. The number of anilines is 1. The van der Waals surface area contributed by atoms with Crippen molar-refractivity contribution in [2.24, 2.45) is 0 Å². The van der Waals surface area contributed by atoms with E-state index in [9.17, 15) is 14.0 Å². The third kappa shape index (κ3) is 4.37. The molecule has 0 fully saturated rings. The third-order valence-corrected chi connectivity index (χ3v) is 6.25. The summed E-state index contributed by atoms with van der Waals surface area (Å²) in [4.78, 5) is 27.3. The Morgan fingerprint density at radius 2 is 1.86 bits per heavy atom. The van der Waals surface area contributed by atoms with Crippen molar-refractivity contribution in [2.75, 3.05) is 18.6 Å². The number of benzene rings is 3. The van der Waals surface area contributed by atoms with Gasteiger partial charge < -0.3 is 14.2 Å². The summed E-state index contributed by atoms with van der Waals surface area (Å²) in [6.07, 6.45) is 0.0388. The number of cyclic esters (lactones) is 1. The zero-order chi connectivity index (χ0) is 24.5. The fraction of sp³-hybridized carbons (Fsp3) is 0.214. The highest BCUT2D eigenvalue weighted by Crippen LogP contribution is 2.43. The van der Waals surface area contributed by atoms with Crippen molar-refractivity contribution in [3.63, 3.8) is 0 Å². The minimum atomic E-state index is -0.503. The first-order valence-corrected chi connectivity index (χ1v) is 11.3. The molecule has 2 heterocycles. The molecular weight excluding hydrogens is 449 g/mol. The van der Waals surface area contributed by atoms with Crippen LogP contribution in [0.1, 0.15) is 29.0 Å². The van der Waals surface area contributed by atoms with E-state index in [0.717, 1.165) is 16.7 Å². The van der Waals surface area contributed by atoms with Crippen molar-refractivity contribution in [1.82, 2.24) is 0 Å². The number of carbonyl (C=O) groups is 2. The largest absolute Gasteiger partial charge is 0.493 e. The molecule has 0 bridgehead atoms. The average Bonchev–Trinajstić information content (AvgIpc) is 3.23. The van der Waals surface area contributed by atoms with Gasteiger partial charge in [0.15, 0.2) is 11.5 Å². The van der Waals surface area contributed by atoms with Crippen molar-refractivity contribution < 1.29 is 28.2 Å². The van der Waals surface area contributed by atoms with Gasteiger partial charge in [-0.3, -0.25) is 9.69 Å². The number of carbonyl (C=O) groups excluding carboxylic acids is 2. The van der Waals surface area contributed by atoms with Crippen LogP contribution in [0.2, 0.25) is 0 Å². The summed E-state index contributed by atoms with van der Waals surface area (Å²) in [5.74, 6) is -0.616. The molecule has 0 N–H and O–H groups in total. The van der Waals surface area contributed by atoms with E-state index >= 15 is 0 Å². The number of rotatable bonds is 6. The molecule has 1 amide bonds. The van der Waals surface area contributed by atoms with Crippen LogP contribution in [0, 0.1) is 12.7 Å². The lowest BCUT2D eigenvalue weighted by atomic mass is 9.84. The second-order valence-corrected chi connectivity index (χ2v) is 8.59. The van der Waals surface area contributed by atoms with Gasteiger partial charge in [-0.15, -0.1) is 0 Å². The van der Waals surface area contributed by atoms with Crippen molar-refractivity contribution in [2.45, 2.75) is 25.9 Å². The summed E-state index contributed by atoms with van der Waals surface area (Å²) >= 11 is 0. The van der Waals surface area contributed by atoms with E-state index in [1.165, 1.54) is 23.1 Å². The van der Waals surface area contributed by atoms with Gasteiger partial charge in [0, 0.05) is 12.3 Å². The topological polar surface area (TPSA) is 65.1 Å². The summed E-state index contributed by atoms with van der Waals surface area (Å²) in [5, 5.41) is 0. The van der Waals surface area contributed by atoms with E-state index in [0.29, 0.717) is 35.1 Å². The molecule has 2 aliphatic heterocycles. The molecule has 3 aromatic rings. The summed E-state index contributed by atoms with van der Waals surface area (Å²) < 4.78 is 30.7. The quantitative estimate of drug-likeness (QED) is 0.469. The zero-order valence-electron chi connectivity index (χ0n) is 19.4. The number of aryl methyl sites for hydroxylation is 1. The number of hydrogen-bond donors (Lipinski definition) is 0. The van der Waals surface area contributed by atoms with Crippen LogP contribution in [0.3, 0.4) is 0 Å². The molecule has 1 atom stereocenters. The molecule has 1 unspecified atom stereocenters. The van der Waals surface area contributed by atoms with Gasteiger partial charge in [0.1, 0.15) is 19.0 Å². The van der Waals surface area contributed by atoms with Gasteiger partial charge in [-0.05, 0) is 48.4 Å². The first-order chi connectivity index (χ1) is 16.9. The van der Waals surface area contributed by atoms with Gasteiger partial charge in [-0.2, -0.15) is 0 Å². The molecule has 178 valence electrons. The lowest BCUT2D eigenvalue weighted by molar-refractivity contribution is -0.136. The van der Waals surface area contributed by atoms with E-state index in [-0.39, 0.29) is 18.9 Å². The normalized spacial score (nSPS) is 17.3. The Bertz CT molecular complexity index is 1350. The van der Waals surface area contributed by atoms with Crippen LogP contribution < -0.4 is 14.4 Å². The van der Waals surface area contributed by atoms with Gasteiger partial charge in [0.05, 0.1) is 24.1 Å². The Hall–Kier alpha value is -4.13. The maximum absolute atomic E-state index is 13.8. The van der Waals surface area contributed by atoms with Gasteiger partial charge in [0.2, 0.25) is 5.91 Å². The second-order valence-electron chi connectivity index (χ2n) is 8.59. The minimum absolute atomic E-state index is 0.0388. The fourth-order valence-corrected chi connectivity index (χ4v) is 4.64. The Morgan fingerprint density at radius 1 is 1.03 bits per heavy atom. The molecule has 0 saturated heterocycles. The van der Waals surface area contributed by atoms with E-state index in [1.807, 2.05) is 31.2 Å². The summed E-state index contributed by atoms with van der Waals surface area (Å²) in [6, 6.07) is 19.2. The van der Waals surface area contributed by atoms with Crippen LogP contribution in [0.5, 0.6) is 11.5 Å². The lowest BCUT2D eigenvalue weighted by Gasteiger charge is -2.32. The number of ether oxygens (including phenoxy) is 3. The lowest BCUT2D eigenvalue weighted by Crippen LogP contribution is -2.37. The zero-order valence-corrected chi connectivity index (χ0v) is 19.4. The maximum atomic E-state index is 13.8. The molecule has 0 spiro atoms. The fourth-order valence-electron chi connectivity index (χ4n) is 4.64. The van der Waals surface area contributed by atoms with Gasteiger partial charge in [0.25, 0.3) is 0 Å². The number of amides is 1. The predicted octanol–water partition coefficient (Wildman–Crippen LogP) is 5.05. The predicted molar refractivity (Wildman–Crippen MR) is 128 cm³/mol. The molecular formula is C28H24FNO5. The Morgan fingerprint density at radius 3 is 2.63 bits per heavy atom. The van der Waals surface area contributed by atoms with Crippen molar-refractivity contribution in [3.05, 3.63) is 101 Å². The second kappa shape index (κ2) is 9.25. The smallest absolute Gasteiger partial charge is 0.336 e. The monoisotopic (exact) mass is 473 g/mol. The van der Waals surface area contributed by atoms with Crippen LogP contribution in [0.15, 0.2) is 78.0 Å². The van der Waals surface area contributed by atoms with E-state index in [4.69, 9.17) is 14.2 Å². The number of hydrogen-bond acceptors (Lipinski definition) is 5. The van der Waals surface area contributed by atoms with E-state index < -0.39 is 17.7 Å². The number of esters is 1. The average molecular weight is 474 g/mol. The molecule has 35 heavy (non-hydrogen) atoms. The summed E-state index contributed by atoms with van der Waals surface area (Å²) in [7, 11) is 1.55. The Kier molecular flexibility index (Phi) is 5.99.